The molecule has 25 heavy (non-hydrogen) atoms. The zero-order valence-electron chi connectivity index (χ0n) is 14.8. The number of hydrogen-bond donors (Lipinski definition) is 1. The Hall–Kier alpha value is -2.34. The summed E-state index contributed by atoms with van der Waals surface area (Å²) in [5, 5.41) is 2.80. The molecule has 1 N–H and O–H groups in total. The number of carbonyl (C=O) groups is 1. The number of sulfonamides is 1. The molecule has 2 aromatic rings. The van der Waals surface area contributed by atoms with Gasteiger partial charge >= 0.3 is 0 Å². The topological polar surface area (TPSA) is 66.5 Å². The lowest BCUT2D eigenvalue weighted by atomic mass is 9.86. The van der Waals surface area contributed by atoms with Gasteiger partial charge in [-0.25, -0.2) is 8.42 Å². The number of nitrogens with zero attached hydrogens (tertiary/aromatic N) is 1. The molecule has 1 aliphatic heterocycles. The highest BCUT2D eigenvalue weighted by molar-refractivity contribution is 7.92. The Labute approximate surface area is 148 Å². The molecule has 3 rings (SSSR count). The first-order valence-corrected chi connectivity index (χ1v) is 9.67. The van der Waals surface area contributed by atoms with E-state index in [1.165, 1.54) is 4.31 Å². The van der Waals surface area contributed by atoms with Crippen molar-refractivity contribution in [1.82, 2.24) is 0 Å². The number of nitrogens with one attached hydrogen (secondary N) is 1. The second kappa shape index (κ2) is 5.88. The van der Waals surface area contributed by atoms with Gasteiger partial charge in [0.25, 0.3) is 10.0 Å². The van der Waals surface area contributed by atoms with Crippen LogP contribution in [0.15, 0.2) is 47.4 Å². The Morgan fingerprint density at radius 2 is 1.84 bits per heavy atom. The standard InChI is InChI=1S/C19H22N2O3S/c1-5-21(14-8-6-7-13(2)11-14)25(23,24)15-9-10-17-16(12-15)19(3,4)18(22)20-17/h6-12H,5H2,1-4H3,(H,20,22). The summed E-state index contributed by atoms with van der Waals surface area (Å²) in [6, 6.07) is 12.2. The van der Waals surface area contributed by atoms with Crippen LogP contribution in [0.5, 0.6) is 0 Å². The van der Waals surface area contributed by atoms with E-state index < -0.39 is 15.4 Å². The fraction of sp³-hybridized carbons (Fsp3) is 0.316. The SMILES string of the molecule is CCN(c1cccc(C)c1)S(=O)(=O)c1ccc2c(c1)C(C)(C)C(=O)N2. The molecule has 0 aromatic heterocycles. The maximum absolute atomic E-state index is 13.2. The second-order valence-corrected chi connectivity index (χ2v) is 8.66. The lowest BCUT2D eigenvalue weighted by molar-refractivity contribution is -0.119. The van der Waals surface area contributed by atoms with Crippen molar-refractivity contribution in [3.63, 3.8) is 0 Å². The Morgan fingerprint density at radius 1 is 1.12 bits per heavy atom. The molecule has 0 bridgehead atoms. The average Bonchev–Trinajstić information content (AvgIpc) is 2.77. The Bertz CT molecular complexity index is 949. The smallest absolute Gasteiger partial charge is 0.264 e. The minimum atomic E-state index is -3.72. The molecule has 0 unspecified atom stereocenters. The summed E-state index contributed by atoms with van der Waals surface area (Å²) in [7, 11) is -3.72. The molecule has 1 amide bonds. The number of anilines is 2. The van der Waals surface area contributed by atoms with Crippen molar-refractivity contribution in [2.24, 2.45) is 0 Å². The van der Waals surface area contributed by atoms with Crippen molar-refractivity contribution in [3.05, 3.63) is 53.6 Å². The second-order valence-electron chi connectivity index (χ2n) is 6.80. The Morgan fingerprint density at radius 3 is 2.48 bits per heavy atom. The van der Waals surface area contributed by atoms with Gasteiger partial charge < -0.3 is 5.32 Å². The molecule has 0 fully saturated rings. The zero-order valence-corrected chi connectivity index (χ0v) is 15.6. The molecule has 1 aliphatic rings. The highest BCUT2D eigenvalue weighted by Crippen LogP contribution is 2.39. The van der Waals surface area contributed by atoms with Crippen LogP contribution in [0.25, 0.3) is 0 Å². The van der Waals surface area contributed by atoms with Crippen LogP contribution < -0.4 is 9.62 Å². The first-order valence-electron chi connectivity index (χ1n) is 8.23. The van der Waals surface area contributed by atoms with Gasteiger partial charge in [-0.3, -0.25) is 9.10 Å². The molecular weight excluding hydrogens is 336 g/mol. The van der Waals surface area contributed by atoms with Gasteiger partial charge in [0.2, 0.25) is 5.91 Å². The van der Waals surface area contributed by atoms with Gasteiger partial charge in [-0.05, 0) is 69.2 Å². The number of benzene rings is 2. The average molecular weight is 358 g/mol. The molecule has 132 valence electrons. The van der Waals surface area contributed by atoms with Crippen LogP contribution in [-0.2, 0) is 20.2 Å². The predicted molar refractivity (Wildman–Crippen MR) is 99.5 cm³/mol. The molecule has 0 radical (unpaired) electrons. The van der Waals surface area contributed by atoms with Crippen molar-refractivity contribution in [3.8, 4) is 0 Å². The van der Waals surface area contributed by atoms with Gasteiger partial charge in [-0.1, -0.05) is 12.1 Å². The normalized spacial score (nSPS) is 15.6. The summed E-state index contributed by atoms with van der Waals surface area (Å²) in [4.78, 5) is 12.3. The van der Waals surface area contributed by atoms with Gasteiger partial charge in [-0.15, -0.1) is 0 Å². The van der Waals surface area contributed by atoms with Gasteiger partial charge in [0.05, 0.1) is 16.0 Å². The van der Waals surface area contributed by atoms with Crippen LogP contribution in [0.2, 0.25) is 0 Å². The lowest BCUT2D eigenvalue weighted by Gasteiger charge is -2.24. The van der Waals surface area contributed by atoms with Crippen LogP contribution in [0.3, 0.4) is 0 Å². The molecule has 2 aromatic carbocycles. The molecule has 0 atom stereocenters. The van der Waals surface area contributed by atoms with Crippen LogP contribution >= 0.6 is 0 Å². The molecule has 0 spiro atoms. The third kappa shape index (κ3) is 2.80. The summed E-state index contributed by atoms with van der Waals surface area (Å²) in [5.74, 6) is -0.122. The van der Waals surface area contributed by atoms with Crippen LogP contribution in [-0.4, -0.2) is 20.9 Å². The maximum Gasteiger partial charge on any atom is 0.264 e. The van der Waals surface area contributed by atoms with E-state index in [1.807, 2.05) is 32.0 Å². The third-order valence-electron chi connectivity index (χ3n) is 4.65. The Kier molecular flexibility index (Phi) is 4.11. The van der Waals surface area contributed by atoms with Gasteiger partial charge in [0, 0.05) is 12.2 Å². The maximum atomic E-state index is 13.2. The number of amides is 1. The fourth-order valence-electron chi connectivity index (χ4n) is 3.11. The number of hydrogen-bond acceptors (Lipinski definition) is 3. The van der Waals surface area contributed by atoms with E-state index >= 15 is 0 Å². The molecule has 0 aliphatic carbocycles. The van der Waals surface area contributed by atoms with Crippen LogP contribution in [0.1, 0.15) is 31.9 Å². The van der Waals surface area contributed by atoms with E-state index in [0.29, 0.717) is 23.5 Å². The lowest BCUT2D eigenvalue weighted by Crippen LogP contribution is -2.31. The number of carbonyl (C=O) groups excluding carboxylic acids is 1. The molecule has 0 saturated heterocycles. The van der Waals surface area contributed by atoms with Gasteiger partial charge in [0.15, 0.2) is 0 Å². The largest absolute Gasteiger partial charge is 0.325 e. The minimum absolute atomic E-state index is 0.122. The molecule has 5 nitrogen and oxygen atoms in total. The summed E-state index contributed by atoms with van der Waals surface area (Å²) < 4.78 is 27.8. The summed E-state index contributed by atoms with van der Waals surface area (Å²) in [5.41, 5.74) is 2.26. The quantitative estimate of drug-likeness (QED) is 0.910. The molecule has 6 heteroatoms. The van der Waals surface area contributed by atoms with E-state index in [4.69, 9.17) is 0 Å². The minimum Gasteiger partial charge on any atom is -0.325 e. The monoisotopic (exact) mass is 358 g/mol. The first kappa shape index (κ1) is 17.5. The van der Waals surface area contributed by atoms with E-state index in [-0.39, 0.29) is 10.8 Å². The molecule has 1 heterocycles. The zero-order chi connectivity index (χ0) is 18.4. The van der Waals surface area contributed by atoms with E-state index in [2.05, 4.69) is 5.32 Å². The van der Waals surface area contributed by atoms with E-state index in [1.54, 1.807) is 38.1 Å². The first-order chi connectivity index (χ1) is 11.7. The van der Waals surface area contributed by atoms with Crippen molar-refractivity contribution < 1.29 is 13.2 Å². The highest BCUT2D eigenvalue weighted by atomic mass is 32.2. The van der Waals surface area contributed by atoms with Crippen molar-refractivity contribution in [2.45, 2.75) is 38.0 Å². The van der Waals surface area contributed by atoms with Crippen molar-refractivity contribution in [1.29, 1.82) is 0 Å². The van der Waals surface area contributed by atoms with Gasteiger partial charge in [-0.2, -0.15) is 0 Å². The molecular formula is C19H22N2O3S. The van der Waals surface area contributed by atoms with E-state index in [9.17, 15) is 13.2 Å². The summed E-state index contributed by atoms with van der Waals surface area (Å²) in [6.07, 6.45) is 0. The van der Waals surface area contributed by atoms with Crippen LogP contribution in [0.4, 0.5) is 11.4 Å². The molecule has 0 saturated carbocycles. The van der Waals surface area contributed by atoms with Crippen LogP contribution in [0, 0.1) is 6.92 Å². The number of rotatable bonds is 4. The summed E-state index contributed by atoms with van der Waals surface area (Å²) in [6.45, 7) is 7.65. The van der Waals surface area contributed by atoms with E-state index in [0.717, 1.165) is 5.56 Å². The van der Waals surface area contributed by atoms with Crippen molar-refractivity contribution >= 4 is 27.3 Å². The summed E-state index contributed by atoms with van der Waals surface area (Å²) >= 11 is 0. The number of fused-ring (bicyclic) bond motifs is 1. The highest BCUT2D eigenvalue weighted by Gasteiger charge is 2.39. The van der Waals surface area contributed by atoms with Crippen molar-refractivity contribution in [2.75, 3.05) is 16.2 Å². The fourth-order valence-corrected chi connectivity index (χ4v) is 4.60. The third-order valence-corrected chi connectivity index (χ3v) is 6.54. The van der Waals surface area contributed by atoms with Gasteiger partial charge in [0.1, 0.15) is 0 Å². The Balaban J connectivity index is 2.09. The number of aryl methyl sites for hydroxylation is 1. The predicted octanol–water partition coefficient (Wildman–Crippen LogP) is 3.44.